The first-order valence-corrected chi connectivity index (χ1v) is 6.36. The van der Waals surface area contributed by atoms with Crippen molar-refractivity contribution in [2.75, 3.05) is 25.0 Å². The lowest BCUT2D eigenvalue weighted by Gasteiger charge is -2.29. The number of benzene rings is 1. The van der Waals surface area contributed by atoms with Gasteiger partial charge in [0, 0.05) is 13.1 Å². The van der Waals surface area contributed by atoms with Crippen molar-refractivity contribution < 1.29 is 4.39 Å². The quantitative estimate of drug-likeness (QED) is 0.871. The molecule has 1 unspecified atom stereocenters. The highest BCUT2D eigenvalue weighted by atomic mass is 19.1. The van der Waals surface area contributed by atoms with E-state index in [1.165, 1.54) is 6.07 Å². The van der Waals surface area contributed by atoms with Gasteiger partial charge in [-0.3, -0.25) is 0 Å². The van der Waals surface area contributed by atoms with Crippen molar-refractivity contribution in [3.05, 3.63) is 29.6 Å². The third kappa shape index (κ3) is 2.62. The molecule has 1 heterocycles. The molecular formula is C14H18FN3. The summed E-state index contributed by atoms with van der Waals surface area (Å²) in [7, 11) is 1.95. The second-order valence-corrected chi connectivity index (χ2v) is 4.69. The maximum absolute atomic E-state index is 13.6. The average Bonchev–Trinajstić information content (AvgIpc) is 2.66. The number of nitriles is 1. The van der Waals surface area contributed by atoms with Crippen LogP contribution in [0.2, 0.25) is 0 Å². The van der Waals surface area contributed by atoms with Gasteiger partial charge < -0.3 is 10.2 Å². The van der Waals surface area contributed by atoms with Crippen LogP contribution in [0.25, 0.3) is 0 Å². The molecule has 0 spiro atoms. The van der Waals surface area contributed by atoms with Crippen LogP contribution in [-0.2, 0) is 0 Å². The van der Waals surface area contributed by atoms with E-state index in [4.69, 9.17) is 5.26 Å². The molecule has 1 aromatic rings. The van der Waals surface area contributed by atoms with E-state index in [0.29, 0.717) is 11.7 Å². The second kappa shape index (κ2) is 5.83. The third-order valence-electron chi connectivity index (χ3n) is 3.58. The van der Waals surface area contributed by atoms with Crippen LogP contribution in [0.15, 0.2) is 18.2 Å². The van der Waals surface area contributed by atoms with Crippen molar-refractivity contribution in [3.8, 4) is 6.07 Å². The normalized spacial score (nSPS) is 19.9. The highest BCUT2D eigenvalue weighted by Crippen LogP contribution is 2.25. The molecule has 1 aliphatic rings. The molecule has 1 aliphatic heterocycles. The largest absolute Gasteiger partial charge is 0.370 e. The van der Waals surface area contributed by atoms with Gasteiger partial charge in [0.15, 0.2) is 0 Å². The van der Waals surface area contributed by atoms with Gasteiger partial charge in [-0.25, -0.2) is 4.39 Å². The number of hydrogen-bond donors (Lipinski definition) is 1. The molecule has 1 fully saturated rings. The summed E-state index contributed by atoms with van der Waals surface area (Å²) in [6, 6.07) is 7.16. The summed E-state index contributed by atoms with van der Waals surface area (Å²) in [5.41, 5.74) is 0.849. The topological polar surface area (TPSA) is 39.1 Å². The van der Waals surface area contributed by atoms with Gasteiger partial charge in [0.1, 0.15) is 17.4 Å². The molecule has 3 nitrogen and oxygen atoms in total. The zero-order chi connectivity index (χ0) is 13.0. The molecule has 18 heavy (non-hydrogen) atoms. The lowest BCUT2D eigenvalue weighted by molar-refractivity contribution is 0.563. The van der Waals surface area contributed by atoms with E-state index < -0.39 is 5.82 Å². The van der Waals surface area contributed by atoms with E-state index in [0.717, 1.165) is 32.4 Å². The monoisotopic (exact) mass is 247 g/mol. The van der Waals surface area contributed by atoms with Gasteiger partial charge >= 0.3 is 0 Å². The standard InChI is InChI=1S/C14H18FN3/c1-18(11-4-3-8-17-9-7-11)14-6-2-5-13(15)12(14)10-16/h2,5-6,11,17H,3-4,7-9H2,1H3. The van der Waals surface area contributed by atoms with Crippen molar-refractivity contribution in [2.45, 2.75) is 25.3 Å². The molecule has 0 radical (unpaired) electrons. The number of halogens is 1. The number of anilines is 1. The van der Waals surface area contributed by atoms with E-state index in [9.17, 15) is 4.39 Å². The Hall–Kier alpha value is -1.60. The van der Waals surface area contributed by atoms with Gasteiger partial charge in [-0.05, 0) is 44.5 Å². The van der Waals surface area contributed by atoms with Crippen LogP contribution >= 0.6 is 0 Å². The summed E-state index contributed by atoms with van der Waals surface area (Å²) >= 11 is 0. The minimum Gasteiger partial charge on any atom is -0.370 e. The van der Waals surface area contributed by atoms with E-state index in [1.54, 1.807) is 6.07 Å². The summed E-state index contributed by atoms with van der Waals surface area (Å²) < 4.78 is 13.6. The zero-order valence-corrected chi connectivity index (χ0v) is 10.6. The first-order chi connectivity index (χ1) is 8.74. The molecule has 1 atom stereocenters. The van der Waals surface area contributed by atoms with E-state index >= 15 is 0 Å². The first kappa shape index (κ1) is 12.8. The Bertz CT molecular complexity index is 445. The highest BCUT2D eigenvalue weighted by Gasteiger charge is 2.20. The fourth-order valence-corrected chi connectivity index (χ4v) is 2.50. The molecule has 1 aromatic carbocycles. The molecular weight excluding hydrogens is 229 g/mol. The number of nitrogens with zero attached hydrogens (tertiary/aromatic N) is 2. The molecule has 1 N–H and O–H groups in total. The Morgan fingerprint density at radius 3 is 3.00 bits per heavy atom. The molecule has 0 aromatic heterocycles. The second-order valence-electron chi connectivity index (χ2n) is 4.69. The summed E-state index contributed by atoms with van der Waals surface area (Å²) in [5, 5.41) is 12.4. The van der Waals surface area contributed by atoms with Crippen molar-refractivity contribution >= 4 is 5.69 Å². The van der Waals surface area contributed by atoms with Crippen LogP contribution in [0.5, 0.6) is 0 Å². The summed E-state index contributed by atoms with van der Waals surface area (Å²) in [5.74, 6) is -0.436. The van der Waals surface area contributed by atoms with Gasteiger partial charge in [0.05, 0.1) is 5.69 Å². The van der Waals surface area contributed by atoms with Crippen LogP contribution in [0.1, 0.15) is 24.8 Å². The lowest BCUT2D eigenvalue weighted by Crippen LogP contribution is -2.33. The van der Waals surface area contributed by atoms with E-state index in [-0.39, 0.29) is 5.56 Å². The SMILES string of the molecule is CN(c1cccc(F)c1C#N)C1CCCNCC1. The molecule has 0 saturated carbocycles. The Kier molecular flexibility index (Phi) is 4.16. The Labute approximate surface area is 107 Å². The smallest absolute Gasteiger partial charge is 0.143 e. The Morgan fingerprint density at radius 2 is 2.22 bits per heavy atom. The average molecular weight is 247 g/mol. The molecule has 0 aliphatic carbocycles. The van der Waals surface area contributed by atoms with Crippen LogP contribution in [0.3, 0.4) is 0 Å². The minimum absolute atomic E-state index is 0.150. The fraction of sp³-hybridized carbons (Fsp3) is 0.500. The third-order valence-corrected chi connectivity index (χ3v) is 3.58. The summed E-state index contributed by atoms with van der Waals surface area (Å²) in [6.45, 7) is 2.02. The van der Waals surface area contributed by atoms with Gasteiger partial charge in [-0.1, -0.05) is 6.07 Å². The number of rotatable bonds is 2. The van der Waals surface area contributed by atoms with Crippen molar-refractivity contribution in [1.82, 2.24) is 5.32 Å². The Balaban J connectivity index is 2.25. The molecule has 0 bridgehead atoms. The molecule has 2 rings (SSSR count). The van der Waals surface area contributed by atoms with Crippen molar-refractivity contribution in [2.24, 2.45) is 0 Å². The maximum Gasteiger partial charge on any atom is 0.143 e. The van der Waals surface area contributed by atoms with Gasteiger partial charge in [0.25, 0.3) is 0 Å². The van der Waals surface area contributed by atoms with Crippen LogP contribution in [0.4, 0.5) is 10.1 Å². The molecule has 4 heteroatoms. The predicted octanol–water partition coefficient (Wildman–Crippen LogP) is 2.28. The highest BCUT2D eigenvalue weighted by molar-refractivity contribution is 5.60. The number of nitrogens with one attached hydrogen (secondary N) is 1. The van der Waals surface area contributed by atoms with Gasteiger partial charge in [-0.15, -0.1) is 0 Å². The van der Waals surface area contributed by atoms with E-state index in [1.807, 2.05) is 19.2 Å². The van der Waals surface area contributed by atoms with Crippen molar-refractivity contribution in [3.63, 3.8) is 0 Å². The van der Waals surface area contributed by atoms with Crippen LogP contribution in [-0.4, -0.2) is 26.2 Å². The van der Waals surface area contributed by atoms with Crippen molar-refractivity contribution in [1.29, 1.82) is 5.26 Å². The maximum atomic E-state index is 13.6. The van der Waals surface area contributed by atoms with Crippen LogP contribution in [0, 0.1) is 17.1 Å². The van der Waals surface area contributed by atoms with Crippen LogP contribution < -0.4 is 10.2 Å². The van der Waals surface area contributed by atoms with Gasteiger partial charge in [-0.2, -0.15) is 5.26 Å². The molecule has 1 saturated heterocycles. The summed E-state index contributed by atoms with van der Waals surface area (Å²) in [4.78, 5) is 2.05. The van der Waals surface area contributed by atoms with E-state index in [2.05, 4.69) is 10.2 Å². The van der Waals surface area contributed by atoms with Gasteiger partial charge in [0.2, 0.25) is 0 Å². The minimum atomic E-state index is -0.436. The molecule has 0 amide bonds. The molecule has 96 valence electrons. The lowest BCUT2D eigenvalue weighted by atomic mass is 10.1. The number of hydrogen-bond acceptors (Lipinski definition) is 3. The first-order valence-electron chi connectivity index (χ1n) is 6.36. The Morgan fingerprint density at radius 1 is 1.39 bits per heavy atom. The summed E-state index contributed by atoms with van der Waals surface area (Å²) in [6.07, 6.45) is 3.22. The fourth-order valence-electron chi connectivity index (χ4n) is 2.50. The predicted molar refractivity (Wildman–Crippen MR) is 70.0 cm³/mol. The zero-order valence-electron chi connectivity index (χ0n) is 10.6.